The van der Waals surface area contributed by atoms with Crippen LogP contribution in [0.3, 0.4) is 0 Å². The molecule has 0 spiro atoms. The molecule has 20 heteroatoms. The van der Waals surface area contributed by atoms with Crippen LogP contribution >= 0.6 is 0 Å². The minimum absolute atomic E-state index is 0.0157. The van der Waals surface area contributed by atoms with Crippen LogP contribution < -0.4 is 27.4 Å². The zero-order valence-corrected chi connectivity index (χ0v) is 35.9. The SMILES string of the molecule is C[C@@H]1NC(=O)[C@H](COC(=O)[C@@H](N)CCCN)N(C)C(=O)[C@@H]2CCCN2C(=O)[C@@H](NC(=O)[C@H](Cc2cc(F)cc(F)c2)NC(=O)/C=C/C2CCCCC2)COC(=O)[C@@H]2CCCN2C1=O. The molecule has 1 saturated carbocycles. The van der Waals surface area contributed by atoms with Crippen molar-refractivity contribution in [1.29, 1.82) is 0 Å². The fraction of sp³-hybridized carbons (Fsp3) is 0.628. The number of nitrogens with one attached hydrogen (secondary N) is 3. The molecule has 6 amide bonds. The van der Waals surface area contributed by atoms with Crippen molar-refractivity contribution in [1.82, 2.24) is 30.7 Å². The Balaban J connectivity index is 1.45. The van der Waals surface area contributed by atoms with Crippen molar-refractivity contribution in [3.05, 3.63) is 47.5 Å². The van der Waals surface area contributed by atoms with E-state index in [0.29, 0.717) is 25.3 Å². The highest BCUT2D eigenvalue weighted by Gasteiger charge is 2.44. The lowest BCUT2D eigenvalue weighted by Crippen LogP contribution is -2.61. The standard InChI is InChI=1S/C43H60F2N8O10/c1-25-39(57)53-18-8-13-34(53)43(61)62-23-32(50-37(55)31(21-27-19-28(44)22-29(45)20-27)49-36(54)15-14-26-9-4-3-5-10-26)40(58)52-17-7-12-33(52)41(59)51(2)35(38(56)48-25)24-63-42(60)30(47)11-6-16-46/h14-15,19-20,22,25-26,30-35H,3-13,16-18,21,23-24,46-47H2,1-2H3,(H,48,56)(H,49,54)(H,50,55)/b15-14+/t25-,30-,31-,32-,33-,34-,35-/m0/s1. The highest BCUT2D eigenvalue weighted by molar-refractivity contribution is 5.98. The number of nitrogens with two attached hydrogens (primary N) is 2. The third-order valence-electron chi connectivity index (χ3n) is 12.1. The Morgan fingerprint density at radius 3 is 2.24 bits per heavy atom. The van der Waals surface area contributed by atoms with Crippen molar-refractivity contribution in [2.24, 2.45) is 17.4 Å². The number of amides is 6. The number of likely N-dealkylation sites (N-methyl/N-ethyl adjacent to an activating group) is 1. The molecule has 7 N–H and O–H groups in total. The zero-order chi connectivity index (χ0) is 45.8. The maximum atomic E-state index is 14.5. The number of allylic oxidation sites excluding steroid dienone is 1. The second kappa shape index (κ2) is 22.7. The number of hydrogen-bond acceptors (Lipinski definition) is 12. The number of rotatable bonds is 13. The number of hydrogen-bond donors (Lipinski definition) is 5. The van der Waals surface area contributed by atoms with Gasteiger partial charge in [-0.25, -0.2) is 13.6 Å². The summed E-state index contributed by atoms with van der Waals surface area (Å²) >= 11 is 0. The van der Waals surface area contributed by atoms with E-state index in [1.165, 1.54) is 29.8 Å². The van der Waals surface area contributed by atoms with E-state index < -0.39 is 121 Å². The van der Waals surface area contributed by atoms with Gasteiger partial charge in [0, 0.05) is 32.6 Å². The van der Waals surface area contributed by atoms with Crippen LogP contribution in [0.4, 0.5) is 8.78 Å². The molecule has 346 valence electrons. The van der Waals surface area contributed by atoms with Gasteiger partial charge in [-0.15, -0.1) is 0 Å². The van der Waals surface area contributed by atoms with E-state index in [-0.39, 0.29) is 50.4 Å². The summed E-state index contributed by atoms with van der Waals surface area (Å²) in [6, 6.07) is -6.57. The number of benzene rings is 1. The van der Waals surface area contributed by atoms with Crippen LogP contribution in [0.25, 0.3) is 0 Å². The van der Waals surface area contributed by atoms with Crippen molar-refractivity contribution < 1.29 is 56.6 Å². The van der Waals surface area contributed by atoms with Gasteiger partial charge in [0.2, 0.25) is 35.4 Å². The molecule has 3 aliphatic heterocycles. The van der Waals surface area contributed by atoms with Gasteiger partial charge in [-0.2, -0.15) is 0 Å². The van der Waals surface area contributed by atoms with E-state index in [9.17, 15) is 47.1 Å². The predicted octanol–water partition coefficient (Wildman–Crippen LogP) is 0.0933. The molecule has 7 atom stereocenters. The molecule has 4 aliphatic rings. The average Bonchev–Trinajstić information content (AvgIpc) is 3.96. The van der Waals surface area contributed by atoms with Gasteiger partial charge in [-0.05, 0) is 94.5 Å². The lowest BCUT2D eigenvalue weighted by molar-refractivity contribution is -0.158. The predicted molar refractivity (Wildman–Crippen MR) is 221 cm³/mol. The van der Waals surface area contributed by atoms with Gasteiger partial charge < -0.3 is 51.6 Å². The summed E-state index contributed by atoms with van der Waals surface area (Å²) in [7, 11) is 1.29. The third-order valence-corrected chi connectivity index (χ3v) is 12.1. The summed E-state index contributed by atoms with van der Waals surface area (Å²) < 4.78 is 39.7. The minimum Gasteiger partial charge on any atom is -0.462 e. The lowest BCUT2D eigenvalue weighted by atomic mass is 9.89. The Kier molecular flexibility index (Phi) is 17.5. The normalized spacial score (nSPS) is 25.3. The number of nitrogens with zero attached hydrogens (tertiary/aromatic N) is 3. The first-order chi connectivity index (χ1) is 30.1. The molecular weight excluding hydrogens is 827 g/mol. The van der Waals surface area contributed by atoms with Gasteiger partial charge in [-0.1, -0.05) is 25.3 Å². The average molecular weight is 887 g/mol. The van der Waals surface area contributed by atoms with Crippen LogP contribution in [-0.4, -0.2) is 144 Å². The highest BCUT2D eigenvalue weighted by Crippen LogP contribution is 2.26. The molecule has 0 aromatic heterocycles. The molecule has 63 heavy (non-hydrogen) atoms. The second-order valence-electron chi connectivity index (χ2n) is 16.7. The van der Waals surface area contributed by atoms with Crippen LogP contribution in [0.5, 0.6) is 0 Å². The molecule has 0 unspecified atom stereocenters. The van der Waals surface area contributed by atoms with Gasteiger partial charge in [0.15, 0.2) is 0 Å². The first kappa shape index (κ1) is 48.5. The van der Waals surface area contributed by atoms with Crippen LogP contribution in [0.1, 0.15) is 83.1 Å². The van der Waals surface area contributed by atoms with E-state index in [0.717, 1.165) is 49.1 Å². The van der Waals surface area contributed by atoms with Crippen molar-refractivity contribution in [2.75, 3.05) is 39.9 Å². The van der Waals surface area contributed by atoms with Crippen LogP contribution in [0.15, 0.2) is 30.4 Å². The van der Waals surface area contributed by atoms with Crippen LogP contribution in [0, 0.1) is 17.6 Å². The maximum Gasteiger partial charge on any atom is 0.328 e. The highest BCUT2D eigenvalue weighted by atomic mass is 19.1. The minimum atomic E-state index is -1.66. The van der Waals surface area contributed by atoms with Gasteiger partial charge >= 0.3 is 11.9 Å². The van der Waals surface area contributed by atoms with Crippen LogP contribution in [0.2, 0.25) is 0 Å². The van der Waals surface area contributed by atoms with E-state index in [1.807, 2.05) is 0 Å². The summed E-state index contributed by atoms with van der Waals surface area (Å²) in [5.41, 5.74) is 11.5. The third kappa shape index (κ3) is 13.0. The second-order valence-corrected chi connectivity index (χ2v) is 16.7. The van der Waals surface area contributed by atoms with Gasteiger partial charge in [0.1, 0.15) is 67.1 Å². The first-order valence-electron chi connectivity index (χ1n) is 21.8. The van der Waals surface area contributed by atoms with Crippen molar-refractivity contribution in [3.8, 4) is 0 Å². The van der Waals surface area contributed by atoms with E-state index >= 15 is 0 Å². The summed E-state index contributed by atoms with van der Waals surface area (Å²) in [5.74, 6) is -8.12. The number of cyclic esters (lactones) is 1. The molecule has 1 aliphatic carbocycles. The van der Waals surface area contributed by atoms with Crippen molar-refractivity contribution >= 4 is 47.4 Å². The van der Waals surface area contributed by atoms with Crippen molar-refractivity contribution in [2.45, 2.75) is 126 Å². The largest absolute Gasteiger partial charge is 0.462 e. The van der Waals surface area contributed by atoms with E-state index in [4.69, 9.17) is 20.9 Å². The van der Waals surface area contributed by atoms with E-state index in [2.05, 4.69) is 16.0 Å². The van der Waals surface area contributed by atoms with Crippen LogP contribution in [-0.2, 0) is 54.3 Å². The summed E-state index contributed by atoms with van der Waals surface area (Å²) in [6.45, 7) is 0.422. The molecule has 5 rings (SSSR count). The Morgan fingerprint density at radius 2 is 1.57 bits per heavy atom. The number of carbonyl (C=O) groups is 8. The topological polar surface area (TPSA) is 253 Å². The Morgan fingerprint density at radius 1 is 0.921 bits per heavy atom. The summed E-state index contributed by atoms with van der Waals surface area (Å²) in [5, 5.41) is 7.73. The monoisotopic (exact) mass is 886 g/mol. The lowest BCUT2D eigenvalue weighted by Gasteiger charge is -2.35. The fourth-order valence-electron chi connectivity index (χ4n) is 8.51. The Hall–Kier alpha value is -5.50. The molecular formula is C43H60F2N8O10. The molecule has 1 aromatic carbocycles. The molecule has 0 radical (unpaired) electrons. The molecule has 18 nitrogen and oxygen atoms in total. The van der Waals surface area contributed by atoms with E-state index in [1.54, 1.807) is 6.08 Å². The Bertz CT molecular complexity index is 1880. The van der Waals surface area contributed by atoms with Gasteiger partial charge in [-0.3, -0.25) is 33.6 Å². The molecule has 3 heterocycles. The Labute approximate surface area is 365 Å². The number of esters is 2. The quantitative estimate of drug-likeness (QED) is 0.131. The number of halogens is 2. The molecule has 4 fully saturated rings. The maximum absolute atomic E-state index is 14.5. The summed E-state index contributed by atoms with van der Waals surface area (Å²) in [4.78, 5) is 114. The molecule has 1 aromatic rings. The zero-order valence-electron chi connectivity index (χ0n) is 35.9. The van der Waals surface area contributed by atoms with Gasteiger partial charge in [0.25, 0.3) is 0 Å². The molecule has 0 bridgehead atoms. The number of ether oxygens (including phenoxy) is 2. The molecule has 3 saturated heterocycles. The fourth-order valence-corrected chi connectivity index (χ4v) is 8.51. The van der Waals surface area contributed by atoms with Gasteiger partial charge in [0.05, 0.1) is 0 Å². The number of carbonyl (C=O) groups excluding carboxylic acids is 8. The number of fused-ring (bicyclic) bond motifs is 2. The first-order valence-corrected chi connectivity index (χ1v) is 21.8. The summed E-state index contributed by atoms with van der Waals surface area (Å²) in [6.07, 6.45) is 9.23. The van der Waals surface area contributed by atoms with Crippen molar-refractivity contribution in [3.63, 3.8) is 0 Å². The smallest absolute Gasteiger partial charge is 0.328 e.